The van der Waals surface area contributed by atoms with Crippen molar-refractivity contribution in [2.24, 2.45) is 17.8 Å². The Hall–Kier alpha value is -1.58. The Labute approximate surface area is 156 Å². The third-order valence-corrected chi connectivity index (χ3v) is 6.85. The van der Waals surface area contributed by atoms with Crippen molar-refractivity contribution < 1.29 is 4.79 Å². The van der Waals surface area contributed by atoms with E-state index < -0.39 is 0 Å². The van der Waals surface area contributed by atoms with Gasteiger partial charge in [0, 0.05) is 51.0 Å². The molecule has 0 aromatic heterocycles. The van der Waals surface area contributed by atoms with Gasteiger partial charge in [-0.15, -0.1) is 0 Å². The average Bonchev–Trinajstić information content (AvgIpc) is 2.62. The lowest BCUT2D eigenvalue weighted by Crippen LogP contribution is -2.57. The zero-order valence-corrected chi connectivity index (χ0v) is 15.6. The van der Waals surface area contributed by atoms with E-state index in [9.17, 15) is 10.1 Å². The van der Waals surface area contributed by atoms with Crippen molar-refractivity contribution in [2.45, 2.75) is 44.1 Å². The summed E-state index contributed by atoms with van der Waals surface area (Å²) >= 11 is 0. The molecule has 1 amide bonds. The highest BCUT2D eigenvalue weighted by Gasteiger charge is 2.50. The molecule has 4 bridgehead atoms. The van der Waals surface area contributed by atoms with Crippen LogP contribution in [0, 0.1) is 29.1 Å². The molecular formula is C20H31N5O. The average molecular weight is 358 g/mol. The maximum Gasteiger partial charge on any atom is 0.263 e. The molecule has 0 aromatic carbocycles. The van der Waals surface area contributed by atoms with E-state index in [0.29, 0.717) is 6.54 Å². The van der Waals surface area contributed by atoms with Crippen molar-refractivity contribution in [1.29, 1.82) is 5.26 Å². The predicted octanol–water partition coefficient (Wildman–Crippen LogP) is 0.974. The summed E-state index contributed by atoms with van der Waals surface area (Å²) in [5.41, 5.74) is 0.346. The second-order valence-electron chi connectivity index (χ2n) is 8.86. The summed E-state index contributed by atoms with van der Waals surface area (Å²) in [6, 6.07) is 2.09. The number of hydrogen-bond acceptors (Lipinski definition) is 5. The Morgan fingerprint density at radius 3 is 2.35 bits per heavy atom. The van der Waals surface area contributed by atoms with Crippen molar-refractivity contribution in [3.8, 4) is 6.07 Å². The Morgan fingerprint density at radius 2 is 1.77 bits per heavy atom. The van der Waals surface area contributed by atoms with Crippen LogP contribution in [0.25, 0.3) is 0 Å². The van der Waals surface area contributed by atoms with Crippen LogP contribution in [0.1, 0.15) is 38.5 Å². The Bertz CT molecular complexity index is 567. The number of nitriles is 1. The molecule has 26 heavy (non-hydrogen) atoms. The van der Waals surface area contributed by atoms with Gasteiger partial charge < -0.3 is 16.0 Å². The highest BCUT2D eigenvalue weighted by atomic mass is 16.1. The van der Waals surface area contributed by atoms with E-state index in [1.54, 1.807) is 6.20 Å². The molecule has 1 aliphatic heterocycles. The van der Waals surface area contributed by atoms with Gasteiger partial charge in [0.1, 0.15) is 11.6 Å². The molecule has 1 heterocycles. The van der Waals surface area contributed by atoms with Gasteiger partial charge in [-0.25, -0.2) is 0 Å². The van der Waals surface area contributed by atoms with Crippen LogP contribution >= 0.6 is 0 Å². The largest absolute Gasteiger partial charge is 0.384 e. The fraction of sp³-hybridized carbons (Fsp3) is 0.800. The van der Waals surface area contributed by atoms with Gasteiger partial charge in [0.15, 0.2) is 0 Å². The van der Waals surface area contributed by atoms with E-state index in [4.69, 9.17) is 0 Å². The molecule has 5 fully saturated rings. The smallest absolute Gasteiger partial charge is 0.263 e. The Balaban J connectivity index is 1.29. The summed E-state index contributed by atoms with van der Waals surface area (Å²) in [5.74, 6) is 2.29. The van der Waals surface area contributed by atoms with E-state index in [2.05, 4.69) is 26.9 Å². The number of nitrogens with one attached hydrogen (secondary N) is 3. The van der Waals surface area contributed by atoms with Gasteiger partial charge in [-0.2, -0.15) is 5.26 Å². The summed E-state index contributed by atoms with van der Waals surface area (Å²) in [4.78, 5) is 14.7. The van der Waals surface area contributed by atoms with E-state index >= 15 is 0 Å². The third-order valence-electron chi connectivity index (χ3n) is 6.85. The molecule has 6 nitrogen and oxygen atoms in total. The first-order valence-corrected chi connectivity index (χ1v) is 10.2. The lowest BCUT2D eigenvalue weighted by molar-refractivity contribution is -0.117. The minimum Gasteiger partial charge on any atom is -0.384 e. The molecule has 5 aliphatic rings. The molecule has 5 rings (SSSR count). The molecule has 4 aliphatic carbocycles. The van der Waals surface area contributed by atoms with Crippen LogP contribution in [0.15, 0.2) is 11.8 Å². The fourth-order valence-corrected chi connectivity index (χ4v) is 6.02. The topological polar surface area (TPSA) is 80.2 Å². The highest BCUT2D eigenvalue weighted by molar-refractivity contribution is 5.97. The normalized spacial score (nSPS) is 36.6. The standard InChI is InChI=1S/C20H31N5O/c21-13-18(19(26)23-3-6-25-4-1-22-2-5-25)14-24-20-10-15-7-16(11-20)9-17(8-15)12-20/h14-17,22,24H,1-12H2,(H,23,26)/b18-14-. The van der Waals surface area contributed by atoms with Crippen molar-refractivity contribution in [3.63, 3.8) is 0 Å². The van der Waals surface area contributed by atoms with Gasteiger partial charge in [-0.05, 0) is 56.3 Å². The van der Waals surface area contributed by atoms with E-state index in [1.165, 1.54) is 38.5 Å². The van der Waals surface area contributed by atoms with Gasteiger partial charge in [0.2, 0.25) is 0 Å². The summed E-state index contributed by atoms with van der Waals surface area (Å²) in [6.07, 6.45) is 9.50. The number of carbonyl (C=O) groups is 1. The lowest BCUT2D eigenvalue weighted by atomic mass is 9.53. The molecule has 6 heteroatoms. The molecule has 0 radical (unpaired) electrons. The number of rotatable bonds is 6. The van der Waals surface area contributed by atoms with Crippen LogP contribution in [-0.4, -0.2) is 55.6 Å². The molecular weight excluding hydrogens is 326 g/mol. The van der Waals surface area contributed by atoms with Gasteiger partial charge in [0.25, 0.3) is 5.91 Å². The summed E-state index contributed by atoms with van der Waals surface area (Å²) in [7, 11) is 0. The van der Waals surface area contributed by atoms with Crippen molar-refractivity contribution >= 4 is 5.91 Å². The van der Waals surface area contributed by atoms with Gasteiger partial charge >= 0.3 is 0 Å². The number of nitrogens with zero attached hydrogens (tertiary/aromatic N) is 2. The number of carbonyl (C=O) groups excluding carboxylic acids is 1. The molecule has 0 spiro atoms. The zero-order chi connectivity index (χ0) is 18.0. The van der Waals surface area contributed by atoms with E-state index in [0.717, 1.165) is 50.5 Å². The van der Waals surface area contributed by atoms with Gasteiger partial charge in [-0.3, -0.25) is 9.69 Å². The molecule has 1 saturated heterocycles. The van der Waals surface area contributed by atoms with Gasteiger partial charge in [0.05, 0.1) is 0 Å². The van der Waals surface area contributed by atoms with E-state index in [-0.39, 0.29) is 17.0 Å². The van der Waals surface area contributed by atoms with Crippen molar-refractivity contribution in [1.82, 2.24) is 20.9 Å². The van der Waals surface area contributed by atoms with E-state index in [1.807, 2.05) is 0 Å². The van der Waals surface area contributed by atoms with Crippen LogP contribution < -0.4 is 16.0 Å². The first-order valence-electron chi connectivity index (χ1n) is 10.2. The SMILES string of the molecule is N#C/C(=C/NC12CC3CC(CC(C3)C1)C2)C(=O)NCCN1CCNCC1. The molecule has 0 aromatic rings. The quantitative estimate of drug-likeness (QED) is 0.488. The summed E-state index contributed by atoms with van der Waals surface area (Å²) in [5, 5.41) is 19.2. The van der Waals surface area contributed by atoms with Crippen molar-refractivity contribution in [3.05, 3.63) is 11.8 Å². The maximum atomic E-state index is 12.4. The highest BCUT2D eigenvalue weighted by Crippen LogP contribution is 2.55. The molecule has 4 saturated carbocycles. The van der Waals surface area contributed by atoms with Crippen LogP contribution in [0.4, 0.5) is 0 Å². The summed E-state index contributed by atoms with van der Waals surface area (Å²) < 4.78 is 0. The fourth-order valence-electron chi connectivity index (χ4n) is 6.02. The van der Waals surface area contributed by atoms with Crippen LogP contribution in [0.2, 0.25) is 0 Å². The minimum atomic E-state index is -0.250. The number of hydrogen-bond donors (Lipinski definition) is 3. The Morgan fingerprint density at radius 1 is 1.15 bits per heavy atom. The molecule has 0 unspecified atom stereocenters. The minimum absolute atomic E-state index is 0.137. The predicted molar refractivity (Wildman–Crippen MR) is 100 cm³/mol. The second-order valence-corrected chi connectivity index (χ2v) is 8.86. The molecule has 142 valence electrons. The summed E-state index contributed by atoms with van der Waals surface area (Å²) in [6.45, 7) is 5.48. The monoisotopic (exact) mass is 357 g/mol. The number of piperazine rings is 1. The number of amides is 1. The third kappa shape index (κ3) is 3.89. The molecule has 0 atom stereocenters. The van der Waals surface area contributed by atoms with Crippen LogP contribution in [0.3, 0.4) is 0 Å². The van der Waals surface area contributed by atoms with Crippen molar-refractivity contribution in [2.75, 3.05) is 39.3 Å². The first kappa shape index (κ1) is 17.8. The van der Waals surface area contributed by atoms with Crippen LogP contribution in [0.5, 0.6) is 0 Å². The first-order chi connectivity index (χ1) is 12.7. The zero-order valence-electron chi connectivity index (χ0n) is 15.6. The second kappa shape index (κ2) is 7.58. The lowest BCUT2D eigenvalue weighted by Gasteiger charge is -2.56. The van der Waals surface area contributed by atoms with Gasteiger partial charge in [-0.1, -0.05) is 0 Å². The maximum absolute atomic E-state index is 12.4. The van der Waals surface area contributed by atoms with Crippen LogP contribution in [-0.2, 0) is 4.79 Å². The molecule has 3 N–H and O–H groups in total. The Kier molecular flexibility index (Phi) is 5.19.